The number of carbonyl (C=O) groups excluding carboxylic acids is 3. The summed E-state index contributed by atoms with van der Waals surface area (Å²) >= 11 is 0. The molecule has 1 aromatic rings. The molecular weight excluding hydrogens is 409 g/mol. The Balaban J connectivity index is 2.50. The number of alkyl halides is 3. The van der Waals surface area contributed by atoms with Gasteiger partial charge in [0.2, 0.25) is 0 Å². The highest BCUT2D eigenvalue weighted by Crippen LogP contribution is 2.29. The van der Waals surface area contributed by atoms with Gasteiger partial charge in [0, 0.05) is 20.8 Å². The standard InChI is InChI=1S/C19H25F3O6Si/c1-14(23)26-29(27-15(2)24,28-16(3)25)13-7-5-4-6-8-17-9-11-18(12-10-17)19(20,21)22/h9-12H,4-8,13H2,1-3H3. The zero-order valence-corrected chi connectivity index (χ0v) is 17.6. The van der Waals surface area contributed by atoms with E-state index in [-0.39, 0.29) is 6.04 Å². The van der Waals surface area contributed by atoms with E-state index in [1.54, 1.807) is 0 Å². The molecule has 10 heteroatoms. The van der Waals surface area contributed by atoms with Gasteiger partial charge in [-0.1, -0.05) is 25.0 Å². The molecule has 0 fully saturated rings. The van der Waals surface area contributed by atoms with E-state index >= 15 is 0 Å². The summed E-state index contributed by atoms with van der Waals surface area (Å²) in [4.78, 5) is 34.1. The Morgan fingerprint density at radius 3 is 1.66 bits per heavy atom. The lowest BCUT2D eigenvalue weighted by atomic mass is 10.0. The molecule has 0 aromatic heterocycles. The Morgan fingerprint density at radius 1 is 0.793 bits per heavy atom. The van der Waals surface area contributed by atoms with E-state index in [2.05, 4.69) is 0 Å². The minimum Gasteiger partial charge on any atom is -0.455 e. The third kappa shape index (κ3) is 9.59. The van der Waals surface area contributed by atoms with Crippen LogP contribution in [0.1, 0.15) is 57.6 Å². The molecule has 0 aliphatic carbocycles. The minimum atomic E-state index is -4.35. The van der Waals surface area contributed by atoms with Crippen LogP contribution in [0.25, 0.3) is 0 Å². The quantitative estimate of drug-likeness (QED) is 0.400. The molecule has 6 nitrogen and oxygen atoms in total. The maximum Gasteiger partial charge on any atom is 0.705 e. The van der Waals surface area contributed by atoms with Crippen molar-refractivity contribution in [1.29, 1.82) is 0 Å². The molecule has 1 aromatic carbocycles. The number of benzene rings is 1. The zero-order valence-electron chi connectivity index (χ0n) is 16.6. The number of hydrogen-bond donors (Lipinski definition) is 0. The van der Waals surface area contributed by atoms with Gasteiger partial charge in [-0.2, -0.15) is 13.2 Å². The average Bonchev–Trinajstić information content (AvgIpc) is 2.55. The first-order valence-corrected chi connectivity index (χ1v) is 11.1. The van der Waals surface area contributed by atoms with Crippen molar-refractivity contribution in [2.24, 2.45) is 0 Å². The molecule has 0 saturated heterocycles. The second-order valence-corrected chi connectivity index (χ2v) is 9.05. The van der Waals surface area contributed by atoms with E-state index in [1.807, 2.05) is 0 Å². The molecule has 162 valence electrons. The highest BCUT2D eigenvalue weighted by Gasteiger charge is 2.51. The largest absolute Gasteiger partial charge is 0.705 e. The second-order valence-electron chi connectivity index (χ2n) is 6.57. The molecule has 29 heavy (non-hydrogen) atoms. The number of unbranched alkanes of at least 4 members (excludes halogenated alkanes) is 3. The lowest BCUT2D eigenvalue weighted by Crippen LogP contribution is -2.49. The SMILES string of the molecule is CC(=O)O[Si](CCCCCCc1ccc(C(F)(F)F)cc1)(OC(C)=O)OC(C)=O. The van der Waals surface area contributed by atoms with Gasteiger partial charge in [-0.15, -0.1) is 0 Å². The fourth-order valence-electron chi connectivity index (χ4n) is 2.76. The Morgan fingerprint density at radius 2 is 1.24 bits per heavy atom. The van der Waals surface area contributed by atoms with Gasteiger partial charge in [-0.25, -0.2) is 0 Å². The van der Waals surface area contributed by atoms with Crippen molar-refractivity contribution < 1.29 is 40.8 Å². The van der Waals surface area contributed by atoms with Gasteiger partial charge in [0.05, 0.1) is 11.6 Å². The van der Waals surface area contributed by atoms with Crippen LogP contribution in [-0.4, -0.2) is 26.7 Å². The molecule has 0 atom stereocenters. The van der Waals surface area contributed by atoms with E-state index in [0.717, 1.165) is 51.3 Å². The predicted molar refractivity (Wildman–Crippen MR) is 99.5 cm³/mol. The Hall–Kier alpha value is -2.36. The molecule has 0 saturated carbocycles. The van der Waals surface area contributed by atoms with Crippen molar-refractivity contribution >= 4 is 26.7 Å². The molecule has 0 aliphatic heterocycles. The molecule has 0 unspecified atom stereocenters. The van der Waals surface area contributed by atoms with Gasteiger partial charge in [0.25, 0.3) is 17.9 Å². The average molecular weight is 434 g/mol. The molecule has 1 rings (SSSR count). The summed E-state index contributed by atoms with van der Waals surface area (Å²) in [6, 6.07) is 5.16. The lowest BCUT2D eigenvalue weighted by Gasteiger charge is -2.26. The van der Waals surface area contributed by atoms with Crippen LogP contribution in [0.5, 0.6) is 0 Å². The number of rotatable bonds is 10. The Kier molecular flexibility index (Phi) is 9.35. The molecule has 0 bridgehead atoms. The van der Waals surface area contributed by atoms with Crippen LogP contribution in [0, 0.1) is 0 Å². The summed E-state index contributed by atoms with van der Waals surface area (Å²) in [5.74, 6) is -2.12. The molecule has 0 aliphatic rings. The number of halogens is 3. The van der Waals surface area contributed by atoms with E-state index in [9.17, 15) is 27.6 Å². The fraction of sp³-hybridized carbons (Fsp3) is 0.526. The first kappa shape index (κ1) is 24.7. The summed E-state index contributed by atoms with van der Waals surface area (Å²) < 4.78 is 53.0. The highest BCUT2D eigenvalue weighted by molar-refractivity contribution is 6.65. The summed E-state index contributed by atoms with van der Waals surface area (Å²) in [7, 11) is -3.79. The number of hydrogen-bond acceptors (Lipinski definition) is 6. The number of carbonyl (C=O) groups is 3. The summed E-state index contributed by atoms with van der Waals surface area (Å²) in [6.07, 6.45) is -1.05. The Labute approximate surface area is 168 Å². The lowest BCUT2D eigenvalue weighted by molar-refractivity contribution is -0.148. The van der Waals surface area contributed by atoms with Crippen LogP contribution in [0.4, 0.5) is 13.2 Å². The third-order valence-electron chi connectivity index (χ3n) is 3.88. The Bertz CT molecular complexity index is 662. The molecular formula is C19H25F3O6Si. The molecule has 0 spiro atoms. The van der Waals surface area contributed by atoms with Crippen molar-refractivity contribution in [3.63, 3.8) is 0 Å². The summed E-state index contributed by atoms with van der Waals surface area (Å²) in [6.45, 7) is 3.41. The monoisotopic (exact) mass is 434 g/mol. The molecule has 0 amide bonds. The van der Waals surface area contributed by atoms with Crippen molar-refractivity contribution in [2.45, 2.75) is 65.1 Å². The van der Waals surface area contributed by atoms with Crippen LogP contribution in [0.2, 0.25) is 6.04 Å². The van der Waals surface area contributed by atoms with Crippen LogP contribution >= 0.6 is 0 Å². The fourth-order valence-corrected chi connectivity index (χ4v) is 5.19. The summed E-state index contributed by atoms with van der Waals surface area (Å²) in [5, 5.41) is 0. The topological polar surface area (TPSA) is 78.9 Å². The zero-order chi connectivity index (χ0) is 22.1. The predicted octanol–water partition coefficient (Wildman–Crippen LogP) is 4.44. The van der Waals surface area contributed by atoms with Crippen molar-refractivity contribution in [2.75, 3.05) is 0 Å². The highest BCUT2D eigenvalue weighted by atomic mass is 28.4. The van der Waals surface area contributed by atoms with Crippen LogP contribution in [-0.2, 0) is 40.3 Å². The molecule has 0 N–H and O–H groups in total. The van der Waals surface area contributed by atoms with Gasteiger partial charge in [0.1, 0.15) is 0 Å². The van der Waals surface area contributed by atoms with E-state index in [0.29, 0.717) is 19.3 Å². The van der Waals surface area contributed by atoms with Gasteiger partial charge in [-0.05, 0) is 37.0 Å². The first-order chi connectivity index (χ1) is 13.4. The van der Waals surface area contributed by atoms with Crippen LogP contribution in [0.15, 0.2) is 24.3 Å². The van der Waals surface area contributed by atoms with E-state index in [4.69, 9.17) is 13.3 Å². The van der Waals surface area contributed by atoms with Gasteiger partial charge in [-0.3, -0.25) is 14.4 Å². The second kappa shape index (κ2) is 11.0. The molecule has 0 heterocycles. The van der Waals surface area contributed by atoms with Crippen molar-refractivity contribution in [3.8, 4) is 0 Å². The smallest absolute Gasteiger partial charge is 0.455 e. The summed E-state index contributed by atoms with van der Waals surface area (Å²) in [5.41, 5.74) is 0.130. The third-order valence-corrected chi connectivity index (χ3v) is 6.64. The van der Waals surface area contributed by atoms with Crippen LogP contribution < -0.4 is 0 Å². The maximum absolute atomic E-state index is 12.6. The van der Waals surface area contributed by atoms with Crippen LogP contribution in [0.3, 0.4) is 0 Å². The number of aryl methyl sites for hydroxylation is 1. The van der Waals surface area contributed by atoms with Gasteiger partial charge < -0.3 is 13.3 Å². The van der Waals surface area contributed by atoms with Gasteiger partial charge in [0.15, 0.2) is 0 Å². The van der Waals surface area contributed by atoms with E-state index < -0.39 is 38.5 Å². The maximum atomic E-state index is 12.6. The van der Waals surface area contributed by atoms with E-state index in [1.165, 1.54) is 12.1 Å². The van der Waals surface area contributed by atoms with Crippen molar-refractivity contribution in [1.82, 2.24) is 0 Å². The van der Waals surface area contributed by atoms with Crippen molar-refractivity contribution in [3.05, 3.63) is 35.4 Å². The minimum absolute atomic E-state index is 0.117. The van der Waals surface area contributed by atoms with Gasteiger partial charge >= 0.3 is 15.0 Å². The first-order valence-electron chi connectivity index (χ1n) is 9.18. The molecule has 0 radical (unpaired) electrons. The normalized spacial score (nSPS) is 11.7.